The highest BCUT2D eigenvalue weighted by atomic mass is 16.5. The van der Waals surface area contributed by atoms with Gasteiger partial charge in [0.25, 0.3) is 5.91 Å². The summed E-state index contributed by atoms with van der Waals surface area (Å²) in [5.74, 6) is -0.800. The van der Waals surface area contributed by atoms with Crippen LogP contribution in [0.3, 0.4) is 0 Å². The molecule has 0 spiro atoms. The van der Waals surface area contributed by atoms with E-state index in [-0.39, 0.29) is 18.4 Å². The average molecular weight is 378 g/mol. The Balaban J connectivity index is 1.36. The maximum absolute atomic E-state index is 12.5. The minimum atomic E-state index is -0.875. The average Bonchev–Trinajstić information content (AvgIpc) is 3.11. The van der Waals surface area contributed by atoms with Gasteiger partial charge < -0.3 is 14.6 Å². The monoisotopic (exact) mass is 378 g/mol. The molecule has 1 N–H and O–H groups in total. The van der Waals surface area contributed by atoms with Crippen molar-refractivity contribution in [1.29, 1.82) is 0 Å². The lowest BCUT2D eigenvalue weighted by molar-refractivity contribution is -0.154. The number of esters is 1. The molecule has 2 atom stereocenters. The molecule has 1 amide bonds. The van der Waals surface area contributed by atoms with Gasteiger partial charge >= 0.3 is 5.97 Å². The highest BCUT2D eigenvalue weighted by molar-refractivity contribution is 5.87. The second-order valence-electron chi connectivity index (χ2n) is 7.09. The number of aryl methyl sites for hydroxylation is 1. The molecule has 1 aromatic heterocycles. The summed E-state index contributed by atoms with van der Waals surface area (Å²) in [5.41, 5.74) is 3.54. The molecule has 0 unspecified atom stereocenters. The van der Waals surface area contributed by atoms with Crippen LogP contribution in [0.1, 0.15) is 42.6 Å². The summed E-state index contributed by atoms with van der Waals surface area (Å²) in [6.07, 6.45) is 2.02. The number of aromatic nitrogens is 1. The Morgan fingerprint density at radius 2 is 2.00 bits per heavy atom. The van der Waals surface area contributed by atoms with Crippen LogP contribution in [0.5, 0.6) is 0 Å². The van der Waals surface area contributed by atoms with Crippen molar-refractivity contribution in [3.05, 3.63) is 65.4 Å². The number of nitrogens with zero attached hydrogens (tertiary/aromatic N) is 1. The molecule has 1 aliphatic rings. The van der Waals surface area contributed by atoms with Gasteiger partial charge in [0.2, 0.25) is 0 Å². The molecule has 0 bridgehead atoms. The molecular weight excluding hydrogens is 356 g/mol. The van der Waals surface area contributed by atoms with Gasteiger partial charge in [0, 0.05) is 5.39 Å². The van der Waals surface area contributed by atoms with Gasteiger partial charge in [-0.15, -0.1) is 0 Å². The van der Waals surface area contributed by atoms with E-state index in [1.807, 2.05) is 36.4 Å². The minimum Gasteiger partial charge on any atom is -0.452 e. The lowest BCUT2D eigenvalue weighted by Gasteiger charge is -2.27. The predicted molar refractivity (Wildman–Crippen MR) is 104 cm³/mol. The molecule has 0 saturated carbocycles. The standard InChI is InChI=1S/C22H22N2O4/c1-14(22(26)23-18-11-6-8-15-7-2-3-9-16(15)18)27-21(25)13-19-17-10-4-5-12-20(17)28-24-19/h2-5,7,9-10,12,14,18H,6,8,11,13H2,1H3,(H,23,26)/t14-,18-/m0/s1. The Bertz CT molecular complexity index is 1010. The molecule has 1 aliphatic carbocycles. The SMILES string of the molecule is C[C@H](OC(=O)Cc1noc2ccccc12)C(=O)N[C@H]1CCCc2ccccc21. The third-order valence-electron chi connectivity index (χ3n) is 5.13. The van der Waals surface area contributed by atoms with E-state index in [0.717, 1.165) is 30.2 Å². The van der Waals surface area contributed by atoms with Crippen molar-refractivity contribution in [1.82, 2.24) is 10.5 Å². The Kier molecular flexibility index (Phi) is 5.10. The van der Waals surface area contributed by atoms with E-state index in [2.05, 4.69) is 16.5 Å². The van der Waals surface area contributed by atoms with Gasteiger partial charge in [-0.05, 0) is 49.4 Å². The Labute approximate surface area is 162 Å². The maximum atomic E-state index is 12.5. The third kappa shape index (κ3) is 3.76. The van der Waals surface area contributed by atoms with Gasteiger partial charge in [0.05, 0.1) is 12.5 Å². The molecule has 0 fully saturated rings. The number of fused-ring (bicyclic) bond motifs is 2. The quantitative estimate of drug-likeness (QED) is 0.687. The largest absolute Gasteiger partial charge is 0.452 e. The number of para-hydroxylation sites is 1. The summed E-state index contributed by atoms with van der Waals surface area (Å²) >= 11 is 0. The van der Waals surface area contributed by atoms with Crippen molar-refractivity contribution in [3.8, 4) is 0 Å². The molecule has 28 heavy (non-hydrogen) atoms. The number of rotatable bonds is 5. The second-order valence-corrected chi connectivity index (χ2v) is 7.09. The molecule has 0 aliphatic heterocycles. The number of carbonyl (C=O) groups is 2. The zero-order valence-electron chi connectivity index (χ0n) is 15.7. The topological polar surface area (TPSA) is 81.4 Å². The number of benzene rings is 2. The van der Waals surface area contributed by atoms with Gasteiger partial charge in [0.15, 0.2) is 11.7 Å². The van der Waals surface area contributed by atoms with Crippen molar-refractivity contribution in [2.75, 3.05) is 0 Å². The van der Waals surface area contributed by atoms with Crippen molar-refractivity contribution in [2.45, 2.75) is 44.8 Å². The fourth-order valence-electron chi connectivity index (χ4n) is 3.69. The minimum absolute atomic E-state index is 0.0408. The van der Waals surface area contributed by atoms with Crippen LogP contribution in [0.15, 0.2) is 53.1 Å². The summed E-state index contributed by atoms with van der Waals surface area (Å²) in [6, 6.07) is 15.4. The lowest BCUT2D eigenvalue weighted by atomic mass is 9.87. The molecule has 6 heteroatoms. The molecule has 0 radical (unpaired) electrons. The van der Waals surface area contributed by atoms with Crippen molar-refractivity contribution in [2.24, 2.45) is 0 Å². The van der Waals surface area contributed by atoms with Gasteiger partial charge in [-0.25, -0.2) is 0 Å². The Morgan fingerprint density at radius 1 is 1.21 bits per heavy atom. The van der Waals surface area contributed by atoms with E-state index in [0.29, 0.717) is 11.3 Å². The van der Waals surface area contributed by atoms with Crippen LogP contribution in [0, 0.1) is 0 Å². The first-order chi connectivity index (χ1) is 13.6. The summed E-state index contributed by atoms with van der Waals surface area (Å²) in [5, 5.41) is 7.72. The van der Waals surface area contributed by atoms with Crippen LogP contribution < -0.4 is 5.32 Å². The van der Waals surface area contributed by atoms with Crippen LogP contribution in [0.2, 0.25) is 0 Å². The highest BCUT2D eigenvalue weighted by Crippen LogP contribution is 2.29. The van der Waals surface area contributed by atoms with Gasteiger partial charge in [-0.3, -0.25) is 9.59 Å². The Morgan fingerprint density at radius 3 is 2.89 bits per heavy atom. The predicted octanol–water partition coefficient (Wildman–Crippen LogP) is 3.50. The number of ether oxygens (including phenoxy) is 1. The molecule has 6 nitrogen and oxygen atoms in total. The highest BCUT2D eigenvalue weighted by Gasteiger charge is 2.25. The number of hydrogen-bond acceptors (Lipinski definition) is 5. The second kappa shape index (κ2) is 7.84. The van der Waals surface area contributed by atoms with Crippen LogP contribution >= 0.6 is 0 Å². The number of nitrogens with one attached hydrogen (secondary N) is 1. The first-order valence-electron chi connectivity index (χ1n) is 9.53. The van der Waals surface area contributed by atoms with Gasteiger partial charge in [-0.2, -0.15) is 0 Å². The number of hydrogen-bond donors (Lipinski definition) is 1. The zero-order chi connectivity index (χ0) is 19.5. The van der Waals surface area contributed by atoms with E-state index in [4.69, 9.17) is 9.26 Å². The lowest BCUT2D eigenvalue weighted by Crippen LogP contribution is -2.39. The molecule has 0 saturated heterocycles. The molecule has 1 heterocycles. The first kappa shape index (κ1) is 18.2. The van der Waals surface area contributed by atoms with E-state index < -0.39 is 12.1 Å². The molecular formula is C22H22N2O4. The van der Waals surface area contributed by atoms with Crippen molar-refractivity contribution in [3.63, 3.8) is 0 Å². The van der Waals surface area contributed by atoms with E-state index in [1.165, 1.54) is 5.56 Å². The van der Waals surface area contributed by atoms with Crippen LogP contribution in [0.4, 0.5) is 0 Å². The summed E-state index contributed by atoms with van der Waals surface area (Å²) < 4.78 is 10.5. The fourth-order valence-corrected chi connectivity index (χ4v) is 3.69. The van der Waals surface area contributed by atoms with E-state index in [9.17, 15) is 9.59 Å². The number of amides is 1. The van der Waals surface area contributed by atoms with Crippen LogP contribution in [0.25, 0.3) is 11.0 Å². The third-order valence-corrected chi connectivity index (χ3v) is 5.13. The maximum Gasteiger partial charge on any atom is 0.312 e. The van der Waals surface area contributed by atoms with Crippen LogP contribution in [-0.4, -0.2) is 23.1 Å². The summed E-state index contributed by atoms with van der Waals surface area (Å²) in [4.78, 5) is 24.8. The fraction of sp³-hybridized carbons (Fsp3) is 0.318. The van der Waals surface area contributed by atoms with Crippen LogP contribution in [-0.2, 0) is 27.2 Å². The van der Waals surface area contributed by atoms with Crippen molar-refractivity contribution < 1.29 is 18.8 Å². The zero-order valence-corrected chi connectivity index (χ0v) is 15.7. The smallest absolute Gasteiger partial charge is 0.312 e. The summed E-state index contributed by atoms with van der Waals surface area (Å²) in [6.45, 7) is 1.59. The Hall–Kier alpha value is -3.15. The number of carbonyl (C=O) groups excluding carboxylic acids is 2. The van der Waals surface area contributed by atoms with E-state index >= 15 is 0 Å². The van der Waals surface area contributed by atoms with Crippen molar-refractivity contribution >= 4 is 22.8 Å². The first-order valence-corrected chi connectivity index (χ1v) is 9.53. The molecule has 2 aromatic carbocycles. The molecule has 3 aromatic rings. The normalized spacial score (nSPS) is 17.0. The molecule has 144 valence electrons. The van der Waals surface area contributed by atoms with E-state index in [1.54, 1.807) is 13.0 Å². The summed E-state index contributed by atoms with van der Waals surface area (Å²) in [7, 11) is 0. The molecule has 4 rings (SSSR count). The van der Waals surface area contributed by atoms with Gasteiger partial charge in [-0.1, -0.05) is 41.6 Å². The van der Waals surface area contributed by atoms with Gasteiger partial charge in [0.1, 0.15) is 5.69 Å².